The molecule has 0 aromatic heterocycles. The number of thioether (sulfide) groups is 1. The summed E-state index contributed by atoms with van der Waals surface area (Å²) in [4.78, 5) is 11.8. The van der Waals surface area contributed by atoms with Crippen LogP contribution in [0.1, 0.15) is 58.3 Å². The van der Waals surface area contributed by atoms with Gasteiger partial charge < -0.3 is 5.73 Å². The fourth-order valence-electron chi connectivity index (χ4n) is 3.72. The Kier molecular flexibility index (Phi) is 10.6. The molecule has 1 amide bonds. The summed E-state index contributed by atoms with van der Waals surface area (Å²) in [5.41, 5.74) is -0.143. The van der Waals surface area contributed by atoms with E-state index in [0.29, 0.717) is 30.8 Å². The van der Waals surface area contributed by atoms with Gasteiger partial charge >= 0.3 is 12.4 Å². The first-order valence-electron chi connectivity index (χ1n) is 10.7. The summed E-state index contributed by atoms with van der Waals surface area (Å²) in [6.45, 7) is 1.72. The van der Waals surface area contributed by atoms with Crippen molar-refractivity contribution in [2.45, 2.75) is 44.0 Å². The number of carbonyl (C=O) groups is 1. The zero-order chi connectivity index (χ0) is 30.1. The van der Waals surface area contributed by atoms with Gasteiger partial charge in [0, 0.05) is 18.2 Å². The van der Waals surface area contributed by atoms with Gasteiger partial charge in [0.05, 0.1) is 31.9 Å². The highest BCUT2D eigenvalue weighted by Crippen LogP contribution is 2.45. The van der Waals surface area contributed by atoms with E-state index in [1.54, 1.807) is 0 Å². The summed E-state index contributed by atoms with van der Waals surface area (Å²) in [7, 11) is 0. The molecule has 15 heteroatoms. The van der Waals surface area contributed by atoms with E-state index in [0.717, 1.165) is 19.1 Å². The van der Waals surface area contributed by atoms with Crippen LogP contribution < -0.4 is 5.73 Å². The molecule has 2 atom stereocenters. The van der Waals surface area contributed by atoms with Crippen LogP contribution in [-0.2, 0) is 6.18 Å². The van der Waals surface area contributed by atoms with Crippen molar-refractivity contribution in [3.63, 3.8) is 0 Å². The van der Waals surface area contributed by atoms with Crippen molar-refractivity contribution >= 4 is 58.3 Å². The molecule has 2 N–H and O–H groups in total. The number of rotatable bonds is 9. The Morgan fingerprint density at radius 3 is 1.95 bits per heavy atom. The van der Waals surface area contributed by atoms with E-state index in [-0.39, 0.29) is 21.1 Å². The highest BCUT2D eigenvalue weighted by atomic mass is 35.5. The second-order valence-corrected chi connectivity index (χ2v) is 10.9. The summed E-state index contributed by atoms with van der Waals surface area (Å²) in [5.74, 6) is -11.7. The molecule has 2 nitrogen and oxygen atoms in total. The van der Waals surface area contributed by atoms with E-state index < -0.39 is 81.2 Å². The van der Waals surface area contributed by atoms with Gasteiger partial charge in [-0.2, -0.15) is 38.1 Å². The minimum absolute atomic E-state index is 0.0267. The van der Waals surface area contributed by atoms with Gasteiger partial charge in [0.25, 0.3) is 5.92 Å². The minimum Gasteiger partial charge on any atom is -0.366 e. The molecular weight excluding hydrogens is 628 g/mol. The number of hydrogen-bond acceptors (Lipinski definition) is 2. The molecule has 0 aliphatic rings. The topological polar surface area (TPSA) is 43.1 Å². The van der Waals surface area contributed by atoms with E-state index in [9.17, 15) is 39.9 Å². The third-order valence-corrected chi connectivity index (χ3v) is 7.94. The van der Waals surface area contributed by atoms with E-state index >= 15 is 4.39 Å². The van der Waals surface area contributed by atoms with Gasteiger partial charge in [-0.05, 0) is 41.3 Å². The molecule has 39 heavy (non-hydrogen) atoms. The Bertz CT molecular complexity index is 1230. The van der Waals surface area contributed by atoms with Crippen LogP contribution in [0.5, 0.6) is 0 Å². The predicted molar refractivity (Wildman–Crippen MR) is 136 cm³/mol. The summed E-state index contributed by atoms with van der Waals surface area (Å²) < 4.78 is 126. The monoisotopic (exact) mass is 645 g/mol. The molecule has 0 heterocycles. The van der Waals surface area contributed by atoms with Crippen LogP contribution in [0, 0.1) is 0 Å². The zero-order valence-electron chi connectivity index (χ0n) is 19.9. The molecular formula is C24H19Cl3F9NOS. The van der Waals surface area contributed by atoms with Crippen LogP contribution in [0.15, 0.2) is 30.3 Å². The largest absolute Gasteiger partial charge is 0.417 e. The lowest BCUT2D eigenvalue weighted by atomic mass is 9.86. The minimum atomic E-state index is -5.30. The van der Waals surface area contributed by atoms with E-state index in [1.807, 2.05) is 0 Å². The van der Waals surface area contributed by atoms with Gasteiger partial charge in [-0.15, -0.1) is 0 Å². The standard InChI is InChI=1S/C24H19Cl3F9NOS/c1-10(8-39-9-22(2,29)30)18-12(3-4-13(21(37)38)19(18)24(34,35)36)17(28)7-14(23(31,32)33)11-5-15(25)20(27)16(26)6-11/h3-7,10,14H,8-9H2,1-2H3,(H2,37,38)/b17-7-/t10-,14?/m0/s1. The van der Waals surface area contributed by atoms with Crippen LogP contribution in [0.25, 0.3) is 5.83 Å². The van der Waals surface area contributed by atoms with Crippen LogP contribution in [0.2, 0.25) is 15.1 Å². The van der Waals surface area contributed by atoms with Gasteiger partial charge in [0.15, 0.2) is 0 Å². The van der Waals surface area contributed by atoms with Gasteiger partial charge in [-0.25, -0.2) is 13.2 Å². The molecule has 2 aromatic rings. The van der Waals surface area contributed by atoms with Crippen molar-refractivity contribution < 1.29 is 44.3 Å². The highest BCUT2D eigenvalue weighted by molar-refractivity contribution is 7.99. The highest BCUT2D eigenvalue weighted by Gasteiger charge is 2.43. The quantitative estimate of drug-likeness (QED) is 0.218. The van der Waals surface area contributed by atoms with Crippen molar-refractivity contribution in [1.82, 2.24) is 0 Å². The lowest BCUT2D eigenvalue weighted by molar-refractivity contribution is -0.140. The first kappa shape index (κ1) is 33.4. The molecule has 2 aromatic carbocycles. The van der Waals surface area contributed by atoms with Gasteiger partial charge in [-0.1, -0.05) is 47.8 Å². The average molecular weight is 647 g/mol. The number of allylic oxidation sites excluding steroid dienone is 1. The number of benzene rings is 2. The van der Waals surface area contributed by atoms with E-state index in [4.69, 9.17) is 40.5 Å². The van der Waals surface area contributed by atoms with Crippen molar-refractivity contribution in [2.24, 2.45) is 5.73 Å². The molecule has 0 bridgehead atoms. The molecule has 0 saturated carbocycles. The Labute approximate surface area is 236 Å². The van der Waals surface area contributed by atoms with Crippen molar-refractivity contribution in [1.29, 1.82) is 0 Å². The molecule has 0 fully saturated rings. The van der Waals surface area contributed by atoms with Crippen molar-refractivity contribution in [3.05, 3.63) is 73.2 Å². The fourth-order valence-corrected chi connectivity index (χ4v) is 5.33. The third kappa shape index (κ3) is 8.61. The normalized spacial score (nSPS) is 14.9. The molecule has 0 radical (unpaired) electrons. The first-order valence-corrected chi connectivity index (χ1v) is 13.0. The van der Waals surface area contributed by atoms with Crippen molar-refractivity contribution in [3.8, 4) is 0 Å². The van der Waals surface area contributed by atoms with Crippen LogP contribution >= 0.6 is 46.6 Å². The second-order valence-electron chi connectivity index (χ2n) is 8.63. The summed E-state index contributed by atoms with van der Waals surface area (Å²) >= 11 is 17.9. The number of amides is 1. The van der Waals surface area contributed by atoms with E-state index in [2.05, 4.69) is 0 Å². The number of carbonyl (C=O) groups excluding carboxylic acids is 1. The Morgan fingerprint density at radius 1 is 1.00 bits per heavy atom. The maximum absolute atomic E-state index is 15.6. The molecule has 216 valence electrons. The Balaban J connectivity index is 2.80. The number of nitrogens with two attached hydrogens (primary N) is 1. The van der Waals surface area contributed by atoms with Gasteiger partial charge in [0.1, 0.15) is 11.7 Å². The zero-order valence-corrected chi connectivity index (χ0v) is 23.0. The number of primary amides is 1. The Morgan fingerprint density at radius 2 is 1.51 bits per heavy atom. The summed E-state index contributed by atoms with van der Waals surface area (Å²) in [6.07, 6.45) is -10.4. The number of halogens is 12. The molecule has 2 rings (SSSR count). The summed E-state index contributed by atoms with van der Waals surface area (Å²) in [6, 6.07) is 2.78. The predicted octanol–water partition coefficient (Wildman–Crippen LogP) is 9.91. The third-order valence-electron chi connectivity index (χ3n) is 5.30. The van der Waals surface area contributed by atoms with E-state index in [1.165, 1.54) is 0 Å². The maximum Gasteiger partial charge on any atom is 0.417 e. The SMILES string of the molecule is C[C@@H](CSCC(C)(F)F)c1c(/C(F)=C/C(c2cc(Cl)c(Cl)c(Cl)c2)C(F)(F)F)ccc(C(N)=O)c1C(F)(F)F. The fraction of sp³-hybridized carbons (Fsp3) is 0.375. The summed E-state index contributed by atoms with van der Waals surface area (Å²) in [5, 5.41) is -1.03. The number of hydrogen-bond donors (Lipinski definition) is 1. The lowest BCUT2D eigenvalue weighted by Crippen LogP contribution is -2.23. The van der Waals surface area contributed by atoms with Gasteiger partial charge in [0.2, 0.25) is 5.91 Å². The molecule has 0 aliphatic heterocycles. The average Bonchev–Trinajstić information content (AvgIpc) is 2.77. The van der Waals surface area contributed by atoms with Crippen LogP contribution in [0.4, 0.5) is 39.5 Å². The van der Waals surface area contributed by atoms with Crippen LogP contribution in [-0.4, -0.2) is 29.5 Å². The molecule has 1 unspecified atom stereocenters. The van der Waals surface area contributed by atoms with Gasteiger partial charge in [-0.3, -0.25) is 4.79 Å². The van der Waals surface area contributed by atoms with Crippen molar-refractivity contribution in [2.75, 3.05) is 11.5 Å². The smallest absolute Gasteiger partial charge is 0.366 e. The molecule has 0 saturated heterocycles. The second kappa shape index (κ2) is 12.4. The lowest BCUT2D eigenvalue weighted by Gasteiger charge is -2.24. The number of alkyl halides is 8. The molecule has 0 spiro atoms. The van der Waals surface area contributed by atoms with Crippen LogP contribution in [0.3, 0.4) is 0 Å². The first-order chi connectivity index (χ1) is 17.6. The Hall–Kier alpha value is -1.76. The molecule has 0 aliphatic carbocycles. The maximum atomic E-state index is 15.6.